The molecule has 13 heavy (non-hydrogen) atoms. The van der Waals surface area contributed by atoms with Crippen molar-refractivity contribution >= 4 is 0 Å². The number of aliphatic hydroxyl groups is 1. The molecule has 1 unspecified atom stereocenters. The molecule has 0 bridgehead atoms. The molecule has 1 aromatic rings. The second kappa shape index (κ2) is 3.47. The normalized spacial score (nSPS) is 29.0. The molecule has 4 heteroatoms. The highest BCUT2D eigenvalue weighted by atomic mass is 16.3. The van der Waals surface area contributed by atoms with Crippen LogP contribution in [0.5, 0.6) is 0 Å². The number of nitrogens with one attached hydrogen (secondary N) is 1. The molecular formula is C9H15N3O. The van der Waals surface area contributed by atoms with Gasteiger partial charge in [-0.15, -0.1) is 0 Å². The Kier molecular flexibility index (Phi) is 2.33. The molecule has 1 aromatic heterocycles. The van der Waals surface area contributed by atoms with E-state index in [0.29, 0.717) is 13.1 Å². The monoisotopic (exact) mass is 181 g/mol. The largest absolute Gasteiger partial charge is 0.387 e. The lowest BCUT2D eigenvalue weighted by molar-refractivity contribution is 0.000669. The smallest absolute Gasteiger partial charge is 0.0950 e. The highest BCUT2D eigenvalue weighted by Crippen LogP contribution is 2.17. The number of β-amino-alcohol motifs (C(OH)–C–C–N with tert-alkyl or cyclic N) is 1. The maximum atomic E-state index is 10.1. The van der Waals surface area contributed by atoms with Gasteiger partial charge in [-0.2, -0.15) is 0 Å². The Labute approximate surface area is 77.6 Å². The summed E-state index contributed by atoms with van der Waals surface area (Å²) in [6.45, 7) is 2.34. The average molecular weight is 181 g/mol. The van der Waals surface area contributed by atoms with Gasteiger partial charge in [-0.1, -0.05) is 0 Å². The first-order valence-corrected chi connectivity index (χ1v) is 4.67. The first kappa shape index (κ1) is 8.72. The Morgan fingerprint density at radius 1 is 1.62 bits per heavy atom. The van der Waals surface area contributed by atoms with Crippen LogP contribution in [0.25, 0.3) is 0 Å². The zero-order valence-electron chi connectivity index (χ0n) is 7.61. The summed E-state index contributed by atoms with van der Waals surface area (Å²) in [7, 11) is 0. The predicted octanol–water partition coefficient (Wildman–Crippen LogP) is -0.00240. The quantitative estimate of drug-likeness (QED) is 0.675. The Morgan fingerprint density at radius 2 is 2.54 bits per heavy atom. The lowest BCUT2D eigenvalue weighted by Crippen LogP contribution is -2.48. The maximum Gasteiger partial charge on any atom is 0.0950 e. The molecule has 2 heterocycles. The van der Waals surface area contributed by atoms with E-state index < -0.39 is 5.60 Å². The van der Waals surface area contributed by atoms with Crippen LogP contribution in [0.2, 0.25) is 0 Å². The lowest BCUT2D eigenvalue weighted by atomic mass is 9.94. The molecule has 0 saturated carbocycles. The van der Waals surface area contributed by atoms with E-state index in [2.05, 4.69) is 10.3 Å². The third-order valence-corrected chi connectivity index (χ3v) is 2.49. The minimum Gasteiger partial charge on any atom is -0.387 e. The van der Waals surface area contributed by atoms with E-state index in [9.17, 15) is 5.11 Å². The van der Waals surface area contributed by atoms with Crippen molar-refractivity contribution in [1.82, 2.24) is 14.9 Å². The van der Waals surface area contributed by atoms with Gasteiger partial charge in [0.2, 0.25) is 0 Å². The fourth-order valence-electron chi connectivity index (χ4n) is 1.81. The van der Waals surface area contributed by atoms with Crippen molar-refractivity contribution in [3.05, 3.63) is 18.7 Å². The molecular weight excluding hydrogens is 166 g/mol. The van der Waals surface area contributed by atoms with Gasteiger partial charge >= 0.3 is 0 Å². The number of rotatable bonds is 2. The Bertz CT molecular complexity index is 252. The van der Waals surface area contributed by atoms with Crippen LogP contribution in [0.15, 0.2) is 18.7 Å². The molecule has 1 aliphatic heterocycles. The average Bonchev–Trinajstić information content (AvgIpc) is 2.57. The molecule has 0 radical (unpaired) electrons. The van der Waals surface area contributed by atoms with Gasteiger partial charge in [0.05, 0.1) is 18.5 Å². The molecule has 0 amide bonds. The summed E-state index contributed by atoms with van der Waals surface area (Å²) in [5.74, 6) is 0. The van der Waals surface area contributed by atoms with Crippen molar-refractivity contribution in [2.24, 2.45) is 0 Å². The van der Waals surface area contributed by atoms with Crippen molar-refractivity contribution in [2.45, 2.75) is 25.0 Å². The number of hydrogen-bond acceptors (Lipinski definition) is 3. The third kappa shape index (κ3) is 2.08. The second-order valence-electron chi connectivity index (χ2n) is 3.74. The molecule has 2 N–H and O–H groups in total. The summed E-state index contributed by atoms with van der Waals surface area (Å²) < 4.78 is 1.92. The van der Waals surface area contributed by atoms with Gasteiger partial charge in [0.1, 0.15) is 0 Å². The van der Waals surface area contributed by atoms with E-state index in [-0.39, 0.29) is 0 Å². The van der Waals surface area contributed by atoms with Crippen LogP contribution in [0.1, 0.15) is 12.8 Å². The Hall–Kier alpha value is -0.870. The summed E-state index contributed by atoms with van der Waals surface area (Å²) >= 11 is 0. The summed E-state index contributed by atoms with van der Waals surface area (Å²) in [4.78, 5) is 3.95. The fraction of sp³-hybridized carbons (Fsp3) is 0.667. The van der Waals surface area contributed by atoms with Crippen LogP contribution in [-0.2, 0) is 6.54 Å². The van der Waals surface area contributed by atoms with Gasteiger partial charge in [-0.25, -0.2) is 4.98 Å². The molecule has 0 spiro atoms. The number of piperidine rings is 1. The minimum absolute atomic E-state index is 0.584. The number of hydrogen-bond donors (Lipinski definition) is 2. The van der Waals surface area contributed by atoms with E-state index in [1.807, 2.05) is 10.8 Å². The fourth-order valence-corrected chi connectivity index (χ4v) is 1.81. The molecule has 4 nitrogen and oxygen atoms in total. The van der Waals surface area contributed by atoms with Crippen molar-refractivity contribution < 1.29 is 5.11 Å². The zero-order chi connectivity index (χ0) is 9.15. The van der Waals surface area contributed by atoms with Gasteiger partial charge in [0, 0.05) is 18.9 Å². The van der Waals surface area contributed by atoms with Gasteiger partial charge < -0.3 is 15.0 Å². The zero-order valence-corrected chi connectivity index (χ0v) is 7.61. The molecule has 1 fully saturated rings. The van der Waals surface area contributed by atoms with E-state index in [1.165, 1.54) is 0 Å². The molecule has 1 saturated heterocycles. The maximum absolute atomic E-state index is 10.1. The molecule has 2 rings (SSSR count). The first-order chi connectivity index (χ1) is 6.29. The van der Waals surface area contributed by atoms with E-state index in [1.54, 1.807) is 12.5 Å². The SMILES string of the molecule is OC1(Cn2ccnc2)CCCNC1. The van der Waals surface area contributed by atoms with Crippen LogP contribution in [0.3, 0.4) is 0 Å². The van der Waals surface area contributed by atoms with E-state index in [4.69, 9.17) is 0 Å². The molecule has 72 valence electrons. The van der Waals surface area contributed by atoms with Crippen LogP contribution in [0.4, 0.5) is 0 Å². The third-order valence-electron chi connectivity index (χ3n) is 2.49. The number of imidazole rings is 1. The Balaban J connectivity index is 1.99. The highest BCUT2D eigenvalue weighted by Gasteiger charge is 2.29. The molecule has 1 aliphatic rings. The molecule has 0 aromatic carbocycles. The van der Waals surface area contributed by atoms with Gasteiger partial charge in [-0.05, 0) is 19.4 Å². The van der Waals surface area contributed by atoms with Crippen LogP contribution in [-0.4, -0.2) is 33.3 Å². The standard InChI is InChI=1S/C9H15N3O/c13-9(2-1-3-10-6-9)7-12-5-4-11-8-12/h4-5,8,10,13H,1-3,6-7H2. The van der Waals surface area contributed by atoms with Crippen molar-refractivity contribution in [3.8, 4) is 0 Å². The second-order valence-corrected chi connectivity index (χ2v) is 3.74. The van der Waals surface area contributed by atoms with Gasteiger partial charge in [0.25, 0.3) is 0 Å². The van der Waals surface area contributed by atoms with Crippen molar-refractivity contribution in [1.29, 1.82) is 0 Å². The highest BCUT2D eigenvalue weighted by molar-refractivity contribution is 4.87. The minimum atomic E-state index is -0.584. The van der Waals surface area contributed by atoms with Crippen LogP contribution >= 0.6 is 0 Å². The Morgan fingerprint density at radius 3 is 3.15 bits per heavy atom. The topological polar surface area (TPSA) is 50.1 Å². The summed E-state index contributed by atoms with van der Waals surface area (Å²) in [6, 6.07) is 0. The number of nitrogens with zero attached hydrogens (tertiary/aromatic N) is 2. The summed E-state index contributed by atoms with van der Waals surface area (Å²) in [5.41, 5.74) is -0.584. The summed E-state index contributed by atoms with van der Waals surface area (Å²) in [5, 5.41) is 13.3. The first-order valence-electron chi connectivity index (χ1n) is 4.67. The molecule has 1 atom stereocenters. The van der Waals surface area contributed by atoms with Crippen LogP contribution < -0.4 is 5.32 Å². The predicted molar refractivity (Wildman–Crippen MR) is 49.3 cm³/mol. The number of aromatic nitrogens is 2. The lowest BCUT2D eigenvalue weighted by Gasteiger charge is -2.32. The summed E-state index contributed by atoms with van der Waals surface area (Å²) in [6.07, 6.45) is 7.28. The van der Waals surface area contributed by atoms with E-state index in [0.717, 1.165) is 19.4 Å². The van der Waals surface area contributed by atoms with E-state index >= 15 is 0 Å². The van der Waals surface area contributed by atoms with Crippen molar-refractivity contribution in [2.75, 3.05) is 13.1 Å². The van der Waals surface area contributed by atoms with Crippen LogP contribution in [0, 0.1) is 0 Å². The van der Waals surface area contributed by atoms with Gasteiger partial charge in [0.15, 0.2) is 0 Å². The van der Waals surface area contributed by atoms with Gasteiger partial charge in [-0.3, -0.25) is 0 Å². The van der Waals surface area contributed by atoms with Crippen molar-refractivity contribution in [3.63, 3.8) is 0 Å². The molecule has 0 aliphatic carbocycles.